The van der Waals surface area contributed by atoms with Gasteiger partial charge in [0.05, 0.1) is 6.04 Å². The van der Waals surface area contributed by atoms with Gasteiger partial charge in [0.2, 0.25) is 0 Å². The Kier molecular flexibility index (Phi) is 5.33. The van der Waals surface area contributed by atoms with Crippen LogP contribution in [0.4, 0.5) is 0 Å². The predicted octanol–water partition coefficient (Wildman–Crippen LogP) is 4.69. The van der Waals surface area contributed by atoms with Crippen LogP contribution in [0.1, 0.15) is 50.1 Å². The van der Waals surface area contributed by atoms with E-state index in [-0.39, 0.29) is 6.04 Å². The Labute approximate surface area is 115 Å². The summed E-state index contributed by atoms with van der Waals surface area (Å²) in [5.41, 5.74) is 9.21. The normalized spacial score (nSPS) is 21.6. The summed E-state index contributed by atoms with van der Waals surface area (Å²) in [7, 11) is 0. The Bertz CT molecular complexity index is 411. The molecule has 1 nitrogen and oxygen atoms in total. The second kappa shape index (κ2) is 7.01. The van der Waals surface area contributed by atoms with Crippen molar-refractivity contribution >= 4 is 11.8 Å². The van der Waals surface area contributed by atoms with Crippen LogP contribution >= 0.6 is 11.8 Å². The number of benzene rings is 1. The van der Waals surface area contributed by atoms with Gasteiger partial charge in [0.1, 0.15) is 0 Å². The molecule has 0 saturated carbocycles. The molecule has 18 heavy (non-hydrogen) atoms. The van der Waals surface area contributed by atoms with Crippen LogP contribution < -0.4 is 5.73 Å². The molecule has 0 aromatic heterocycles. The van der Waals surface area contributed by atoms with Crippen LogP contribution in [0.25, 0.3) is 0 Å². The maximum atomic E-state index is 6.48. The molecule has 2 N–H and O–H groups in total. The van der Waals surface area contributed by atoms with Gasteiger partial charge in [0.15, 0.2) is 0 Å². The first kappa shape index (κ1) is 13.7. The number of allylic oxidation sites excluding steroid dienone is 1. The van der Waals surface area contributed by atoms with Gasteiger partial charge in [0, 0.05) is 4.90 Å². The van der Waals surface area contributed by atoms with Crippen molar-refractivity contribution in [3.05, 3.63) is 41.5 Å². The Morgan fingerprint density at radius 3 is 2.72 bits per heavy atom. The SMILES string of the molecule is CSc1ccccc1C(N)/C1=C/CCCCCC1. The molecule has 0 fully saturated rings. The molecule has 0 bridgehead atoms. The average Bonchev–Trinajstić information content (AvgIpc) is 2.37. The van der Waals surface area contributed by atoms with Gasteiger partial charge in [-0.15, -0.1) is 11.8 Å². The zero-order valence-electron chi connectivity index (χ0n) is 11.2. The van der Waals surface area contributed by atoms with Crippen molar-refractivity contribution in [3.63, 3.8) is 0 Å². The highest BCUT2D eigenvalue weighted by atomic mass is 32.2. The minimum Gasteiger partial charge on any atom is -0.321 e. The van der Waals surface area contributed by atoms with Gasteiger partial charge in [-0.1, -0.05) is 42.7 Å². The fourth-order valence-corrected chi connectivity index (χ4v) is 3.27. The molecule has 2 heteroatoms. The second-order valence-corrected chi connectivity index (χ2v) is 5.80. The molecule has 1 aliphatic rings. The van der Waals surface area contributed by atoms with Crippen LogP contribution in [0.15, 0.2) is 40.8 Å². The van der Waals surface area contributed by atoms with Gasteiger partial charge in [-0.05, 0) is 43.6 Å². The van der Waals surface area contributed by atoms with E-state index in [1.54, 1.807) is 11.8 Å². The Morgan fingerprint density at radius 1 is 1.11 bits per heavy atom. The number of thioether (sulfide) groups is 1. The quantitative estimate of drug-likeness (QED) is 0.631. The summed E-state index contributed by atoms with van der Waals surface area (Å²) in [6.45, 7) is 0. The number of hydrogen-bond acceptors (Lipinski definition) is 2. The zero-order chi connectivity index (χ0) is 12.8. The van der Waals surface area contributed by atoms with E-state index in [0.717, 1.165) is 0 Å². The van der Waals surface area contributed by atoms with Crippen LogP contribution in [0.5, 0.6) is 0 Å². The first-order valence-electron chi connectivity index (χ1n) is 6.90. The van der Waals surface area contributed by atoms with Crippen molar-refractivity contribution in [2.45, 2.75) is 49.5 Å². The summed E-state index contributed by atoms with van der Waals surface area (Å²) >= 11 is 1.79. The maximum Gasteiger partial charge on any atom is 0.0522 e. The smallest absolute Gasteiger partial charge is 0.0522 e. The van der Waals surface area contributed by atoms with Gasteiger partial charge in [-0.2, -0.15) is 0 Å². The van der Waals surface area contributed by atoms with Crippen molar-refractivity contribution in [2.75, 3.05) is 6.26 Å². The molecule has 1 aromatic carbocycles. The molecule has 0 saturated heterocycles. The van der Waals surface area contributed by atoms with Crippen molar-refractivity contribution in [2.24, 2.45) is 5.73 Å². The van der Waals surface area contributed by atoms with Crippen molar-refractivity contribution in [3.8, 4) is 0 Å². The lowest BCUT2D eigenvalue weighted by atomic mass is 9.91. The van der Waals surface area contributed by atoms with Crippen LogP contribution in [-0.2, 0) is 0 Å². The van der Waals surface area contributed by atoms with Crippen molar-refractivity contribution < 1.29 is 0 Å². The van der Waals surface area contributed by atoms with E-state index in [0.29, 0.717) is 0 Å². The molecule has 0 heterocycles. The molecule has 0 radical (unpaired) electrons. The van der Waals surface area contributed by atoms with E-state index < -0.39 is 0 Å². The summed E-state index contributed by atoms with van der Waals surface area (Å²) < 4.78 is 0. The van der Waals surface area contributed by atoms with Crippen LogP contribution in [-0.4, -0.2) is 6.26 Å². The Morgan fingerprint density at radius 2 is 1.89 bits per heavy atom. The summed E-state index contributed by atoms with van der Waals surface area (Å²) in [4.78, 5) is 1.31. The number of rotatable bonds is 3. The number of nitrogens with two attached hydrogens (primary N) is 1. The standard InChI is InChI=1S/C16H23NS/c1-18-15-12-8-7-11-14(15)16(17)13-9-5-3-2-4-6-10-13/h7-9,11-12,16H,2-6,10,17H2,1H3/b13-9+. The van der Waals surface area contributed by atoms with E-state index in [1.807, 2.05) is 0 Å². The maximum absolute atomic E-state index is 6.48. The molecule has 1 aromatic rings. The van der Waals surface area contributed by atoms with Crippen molar-refractivity contribution in [1.82, 2.24) is 0 Å². The summed E-state index contributed by atoms with van der Waals surface area (Å²) in [6.07, 6.45) is 12.2. The van der Waals surface area contributed by atoms with Gasteiger partial charge in [-0.3, -0.25) is 0 Å². The third-order valence-corrected chi connectivity index (χ3v) is 4.51. The largest absolute Gasteiger partial charge is 0.321 e. The topological polar surface area (TPSA) is 26.0 Å². The van der Waals surface area contributed by atoms with E-state index in [2.05, 4.69) is 36.6 Å². The molecule has 2 rings (SSSR count). The first-order chi connectivity index (χ1) is 8.83. The molecule has 1 aliphatic carbocycles. The highest BCUT2D eigenvalue weighted by molar-refractivity contribution is 7.98. The summed E-state index contributed by atoms with van der Waals surface area (Å²) in [5.74, 6) is 0. The molecular formula is C16H23NS. The molecular weight excluding hydrogens is 238 g/mol. The van der Waals surface area contributed by atoms with Crippen LogP contribution in [0.3, 0.4) is 0 Å². The lowest BCUT2D eigenvalue weighted by Crippen LogP contribution is -2.15. The molecule has 1 atom stereocenters. The molecule has 0 aliphatic heterocycles. The first-order valence-corrected chi connectivity index (χ1v) is 8.13. The fourth-order valence-electron chi connectivity index (χ4n) is 2.62. The fraction of sp³-hybridized carbons (Fsp3) is 0.500. The second-order valence-electron chi connectivity index (χ2n) is 4.95. The highest BCUT2D eigenvalue weighted by Gasteiger charge is 2.15. The molecule has 0 amide bonds. The van der Waals surface area contributed by atoms with Gasteiger partial charge < -0.3 is 5.73 Å². The monoisotopic (exact) mass is 261 g/mol. The van der Waals surface area contributed by atoms with Gasteiger partial charge in [0.25, 0.3) is 0 Å². The third-order valence-electron chi connectivity index (χ3n) is 3.70. The average molecular weight is 261 g/mol. The lowest BCUT2D eigenvalue weighted by molar-refractivity contribution is 0.601. The Hall–Kier alpha value is -0.730. The van der Waals surface area contributed by atoms with Gasteiger partial charge >= 0.3 is 0 Å². The van der Waals surface area contributed by atoms with Crippen LogP contribution in [0, 0.1) is 0 Å². The Balaban J connectivity index is 2.20. The minimum atomic E-state index is 0.0896. The highest BCUT2D eigenvalue weighted by Crippen LogP contribution is 2.32. The zero-order valence-corrected chi connectivity index (χ0v) is 12.0. The minimum absolute atomic E-state index is 0.0896. The van der Waals surface area contributed by atoms with E-state index in [1.165, 1.54) is 54.6 Å². The molecule has 98 valence electrons. The van der Waals surface area contributed by atoms with Crippen LogP contribution in [0.2, 0.25) is 0 Å². The lowest BCUT2D eigenvalue weighted by Gasteiger charge is -2.20. The molecule has 1 unspecified atom stereocenters. The number of hydrogen-bond donors (Lipinski definition) is 1. The van der Waals surface area contributed by atoms with Gasteiger partial charge in [-0.25, -0.2) is 0 Å². The summed E-state index contributed by atoms with van der Waals surface area (Å²) in [6, 6.07) is 8.62. The van der Waals surface area contributed by atoms with Crippen molar-refractivity contribution in [1.29, 1.82) is 0 Å². The predicted molar refractivity (Wildman–Crippen MR) is 80.9 cm³/mol. The van der Waals surface area contributed by atoms with E-state index >= 15 is 0 Å². The summed E-state index contributed by atoms with van der Waals surface area (Å²) in [5, 5.41) is 0. The van der Waals surface area contributed by atoms with E-state index in [4.69, 9.17) is 5.73 Å². The molecule has 0 spiro atoms. The third kappa shape index (κ3) is 3.39. The van der Waals surface area contributed by atoms with E-state index in [9.17, 15) is 0 Å².